The van der Waals surface area contributed by atoms with Gasteiger partial charge >= 0.3 is 0 Å². The molecule has 0 spiro atoms. The van der Waals surface area contributed by atoms with Crippen molar-refractivity contribution in [2.24, 2.45) is 0 Å². The van der Waals surface area contributed by atoms with Crippen molar-refractivity contribution < 1.29 is 0 Å². The van der Waals surface area contributed by atoms with E-state index >= 15 is 0 Å². The predicted molar refractivity (Wildman–Crippen MR) is 109 cm³/mol. The maximum Gasteiger partial charge on any atom is 0.188 e. The number of aromatic amines is 1. The molecule has 0 bridgehead atoms. The first-order valence-corrected chi connectivity index (χ1v) is 9.86. The molecule has 0 unspecified atom stereocenters. The van der Waals surface area contributed by atoms with Crippen LogP contribution in [-0.4, -0.2) is 25.0 Å². The average Bonchev–Trinajstić information content (AvgIpc) is 3.27. The third kappa shape index (κ3) is 4.11. The Morgan fingerprint density at radius 3 is 2.52 bits per heavy atom. The van der Waals surface area contributed by atoms with E-state index < -0.39 is 0 Å². The number of aryl methyl sites for hydroxylation is 2. The second-order valence-electron chi connectivity index (χ2n) is 6.47. The monoisotopic (exact) mass is 375 g/mol. The fourth-order valence-corrected chi connectivity index (χ4v) is 3.92. The Bertz CT molecular complexity index is 1040. The zero-order valence-corrected chi connectivity index (χ0v) is 16.2. The first-order valence-electron chi connectivity index (χ1n) is 8.88. The van der Waals surface area contributed by atoms with Gasteiger partial charge in [-0.15, -0.1) is 10.2 Å². The summed E-state index contributed by atoms with van der Waals surface area (Å²) in [5.41, 5.74) is 5.91. The molecular weight excluding hydrogens is 354 g/mol. The van der Waals surface area contributed by atoms with Gasteiger partial charge in [-0.05, 0) is 36.6 Å². The van der Waals surface area contributed by atoms with Crippen LogP contribution in [0.25, 0.3) is 11.1 Å². The lowest BCUT2D eigenvalue weighted by molar-refractivity contribution is 0.633. The van der Waals surface area contributed by atoms with Crippen molar-refractivity contribution in [2.45, 2.75) is 31.3 Å². The first kappa shape index (κ1) is 17.5. The van der Waals surface area contributed by atoms with Crippen LogP contribution in [0.3, 0.4) is 0 Å². The lowest BCUT2D eigenvalue weighted by atomic mass is 10.0. The van der Waals surface area contributed by atoms with Gasteiger partial charge in [0.25, 0.3) is 0 Å². The second-order valence-corrected chi connectivity index (χ2v) is 7.44. The summed E-state index contributed by atoms with van der Waals surface area (Å²) in [7, 11) is 0. The van der Waals surface area contributed by atoms with E-state index in [-0.39, 0.29) is 0 Å². The molecule has 0 saturated carbocycles. The zero-order valence-electron chi connectivity index (χ0n) is 15.4. The molecule has 0 aliphatic heterocycles. The molecule has 0 atom stereocenters. The SMILES string of the molecule is Cc1cc(C)n(Cc2nnc(SCc3ccccc3-c3ccccc3)[nH]2)n1. The normalized spacial score (nSPS) is 11.0. The van der Waals surface area contributed by atoms with Gasteiger partial charge in [0.1, 0.15) is 6.54 Å². The maximum atomic E-state index is 4.48. The fraction of sp³-hybridized carbons (Fsp3) is 0.190. The van der Waals surface area contributed by atoms with Crippen molar-refractivity contribution in [1.82, 2.24) is 25.0 Å². The maximum absolute atomic E-state index is 4.48. The van der Waals surface area contributed by atoms with Gasteiger partial charge < -0.3 is 4.98 Å². The van der Waals surface area contributed by atoms with Gasteiger partial charge in [-0.3, -0.25) is 4.68 Å². The summed E-state index contributed by atoms with van der Waals surface area (Å²) in [4.78, 5) is 3.31. The van der Waals surface area contributed by atoms with Crippen molar-refractivity contribution in [3.05, 3.63) is 83.4 Å². The lowest BCUT2D eigenvalue weighted by Crippen LogP contribution is -2.05. The van der Waals surface area contributed by atoms with Gasteiger partial charge in [-0.2, -0.15) is 5.10 Å². The highest BCUT2D eigenvalue weighted by Crippen LogP contribution is 2.28. The van der Waals surface area contributed by atoms with Crippen molar-refractivity contribution in [3.8, 4) is 11.1 Å². The lowest BCUT2D eigenvalue weighted by Gasteiger charge is -2.08. The van der Waals surface area contributed by atoms with E-state index in [1.165, 1.54) is 16.7 Å². The molecular formula is C21H21N5S. The van der Waals surface area contributed by atoms with Crippen molar-refractivity contribution in [1.29, 1.82) is 0 Å². The van der Waals surface area contributed by atoms with E-state index in [4.69, 9.17) is 0 Å². The highest BCUT2D eigenvalue weighted by Gasteiger charge is 2.09. The Balaban J connectivity index is 1.46. The zero-order chi connectivity index (χ0) is 18.6. The molecule has 1 N–H and O–H groups in total. The Morgan fingerprint density at radius 1 is 0.963 bits per heavy atom. The van der Waals surface area contributed by atoms with Crippen LogP contribution in [0.2, 0.25) is 0 Å². The minimum atomic E-state index is 0.605. The third-order valence-electron chi connectivity index (χ3n) is 4.38. The highest BCUT2D eigenvalue weighted by molar-refractivity contribution is 7.98. The first-order chi connectivity index (χ1) is 13.2. The average molecular weight is 376 g/mol. The topological polar surface area (TPSA) is 59.4 Å². The van der Waals surface area contributed by atoms with E-state index in [1.54, 1.807) is 11.8 Å². The minimum absolute atomic E-state index is 0.605. The molecule has 27 heavy (non-hydrogen) atoms. The van der Waals surface area contributed by atoms with Gasteiger partial charge in [0, 0.05) is 11.4 Å². The summed E-state index contributed by atoms with van der Waals surface area (Å²) in [5.74, 6) is 1.65. The van der Waals surface area contributed by atoms with Crippen LogP contribution in [0.5, 0.6) is 0 Å². The highest BCUT2D eigenvalue weighted by atomic mass is 32.2. The minimum Gasteiger partial charge on any atom is -0.318 e. The number of hydrogen-bond donors (Lipinski definition) is 1. The van der Waals surface area contributed by atoms with E-state index in [1.807, 2.05) is 24.6 Å². The summed E-state index contributed by atoms with van der Waals surface area (Å²) in [6.45, 7) is 4.65. The van der Waals surface area contributed by atoms with E-state index in [9.17, 15) is 0 Å². The van der Waals surface area contributed by atoms with Gasteiger partial charge in [-0.25, -0.2) is 0 Å². The summed E-state index contributed by atoms with van der Waals surface area (Å²) < 4.78 is 1.94. The van der Waals surface area contributed by atoms with Crippen LogP contribution in [0.1, 0.15) is 22.8 Å². The van der Waals surface area contributed by atoms with Gasteiger partial charge in [-0.1, -0.05) is 66.4 Å². The number of H-pyrrole nitrogens is 1. The summed E-state index contributed by atoms with van der Waals surface area (Å²) >= 11 is 1.66. The Hall–Kier alpha value is -2.86. The molecule has 2 aromatic heterocycles. The molecule has 0 saturated heterocycles. The third-order valence-corrected chi connectivity index (χ3v) is 5.29. The van der Waals surface area contributed by atoms with Crippen LogP contribution < -0.4 is 0 Å². The van der Waals surface area contributed by atoms with E-state index in [0.29, 0.717) is 6.54 Å². The van der Waals surface area contributed by atoms with Crippen LogP contribution in [0.4, 0.5) is 0 Å². The van der Waals surface area contributed by atoms with Crippen molar-refractivity contribution >= 4 is 11.8 Å². The molecule has 0 aliphatic carbocycles. The molecule has 2 heterocycles. The van der Waals surface area contributed by atoms with Crippen molar-refractivity contribution in [2.75, 3.05) is 0 Å². The van der Waals surface area contributed by atoms with Crippen molar-refractivity contribution in [3.63, 3.8) is 0 Å². The standard InChI is InChI=1S/C21H21N5S/c1-15-12-16(2)26(25-15)13-20-22-21(24-23-20)27-14-18-10-6-7-11-19(18)17-8-4-3-5-9-17/h3-12H,13-14H2,1-2H3,(H,22,23,24). The second kappa shape index (κ2) is 7.80. The van der Waals surface area contributed by atoms with Crippen LogP contribution in [-0.2, 0) is 12.3 Å². The largest absolute Gasteiger partial charge is 0.318 e. The molecule has 5 nitrogen and oxygen atoms in total. The number of nitrogens with one attached hydrogen (secondary N) is 1. The Kier molecular flexibility index (Phi) is 5.07. The van der Waals surface area contributed by atoms with Crippen LogP contribution in [0.15, 0.2) is 65.8 Å². The molecule has 0 fully saturated rings. The quantitative estimate of drug-likeness (QED) is 0.499. The number of rotatable bonds is 6. The van der Waals surface area contributed by atoms with E-state index in [2.05, 4.69) is 74.9 Å². The van der Waals surface area contributed by atoms with Gasteiger partial charge in [0.05, 0.1) is 5.69 Å². The summed E-state index contributed by atoms with van der Waals surface area (Å²) in [6, 6.07) is 21.0. The molecule has 6 heteroatoms. The number of thioether (sulfide) groups is 1. The molecule has 0 amide bonds. The number of hydrogen-bond acceptors (Lipinski definition) is 4. The molecule has 136 valence electrons. The summed E-state index contributed by atoms with van der Waals surface area (Å²) in [5, 5.41) is 13.9. The van der Waals surface area contributed by atoms with E-state index in [0.717, 1.165) is 28.1 Å². The molecule has 0 aliphatic rings. The number of nitrogens with zero attached hydrogens (tertiary/aromatic N) is 4. The van der Waals surface area contributed by atoms with Crippen LogP contribution in [0, 0.1) is 13.8 Å². The van der Waals surface area contributed by atoms with Gasteiger partial charge in [0.2, 0.25) is 0 Å². The molecule has 2 aromatic carbocycles. The Labute approximate surface area is 162 Å². The van der Waals surface area contributed by atoms with Crippen LogP contribution >= 0.6 is 11.8 Å². The molecule has 4 rings (SSSR count). The van der Waals surface area contributed by atoms with Gasteiger partial charge in [0.15, 0.2) is 11.0 Å². The Morgan fingerprint density at radius 2 is 1.74 bits per heavy atom. The number of aromatic nitrogens is 5. The molecule has 0 radical (unpaired) electrons. The summed E-state index contributed by atoms with van der Waals surface area (Å²) in [6.07, 6.45) is 0. The smallest absolute Gasteiger partial charge is 0.188 e. The number of benzene rings is 2. The molecule has 4 aromatic rings. The fourth-order valence-electron chi connectivity index (χ4n) is 3.08. The predicted octanol–water partition coefficient (Wildman–Crippen LogP) is 4.63.